The highest BCUT2D eigenvalue weighted by Gasteiger charge is 2.23. The topological polar surface area (TPSA) is 241 Å². The third kappa shape index (κ3) is 7.31. The first-order chi connectivity index (χ1) is 19.5. The van der Waals surface area contributed by atoms with Crippen molar-refractivity contribution >= 4 is 73.5 Å². The molecule has 0 saturated heterocycles. The number of nitrogen functional groups attached to an aromatic ring is 1. The number of phenols is 1. The molecule has 41 heavy (non-hydrogen) atoms. The molecule has 21 heteroatoms. The van der Waals surface area contributed by atoms with Gasteiger partial charge in [-0.1, -0.05) is 10.1 Å². The Kier molecular flexibility index (Phi) is 9.44. The molecule has 0 amide bonds. The summed E-state index contributed by atoms with van der Waals surface area (Å²) in [7, 11) is -4.90. The second kappa shape index (κ2) is 12.8. The number of rotatable bonds is 11. The van der Waals surface area contributed by atoms with Crippen LogP contribution in [0.2, 0.25) is 0 Å². The molecule has 0 fully saturated rings. The minimum atomic E-state index is -4.90. The van der Waals surface area contributed by atoms with Gasteiger partial charge in [-0.05, 0) is 41.8 Å². The van der Waals surface area contributed by atoms with E-state index < -0.39 is 44.2 Å². The maximum atomic E-state index is 13.5. The first-order valence-corrected chi connectivity index (χ1v) is 13.3. The minimum Gasteiger partial charge on any atom is -0.507 e. The van der Waals surface area contributed by atoms with Crippen molar-refractivity contribution in [1.29, 1.82) is 0 Å². The Morgan fingerprint density at radius 2 is 1.71 bits per heavy atom. The van der Waals surface area contributed by atoms with E-state index in [0.717, 1.165) is 18.2 Å². The van der Waals surface area contributed by atoms with Crippen LogP contribution in [-0.2, 0) is 28.9 Å². The highest BCUT2D eigenvalue weighted by molar-refractivity contribution is 7.94. The molecule has 0 unspecified atom stereocenters. The quantitative estimate of drug-likeness (QED) is 0.0176. The number of halogens is 2. The first-order valence-electron chi connectivity index (χ1n) is 10.4. The lowest BCUT2D eigenvalue weighted by atomic mass is 10.1. The van der Waals surface area contributed by atoms with Crippen LogP contribution in [0.1, 0.15) is 0 Å². The summed E-state index contributed by atoms with van der Waals surface area (Å²) in [6.07, 6.45) is -1.33. The monoisotopic (exact) mass is 632 g/mol. The number of aromatic hydroxyl groups is 1. The highest BCUT2D eigenvalue weighted by Crippen LogP contribution is 2.45. The van der Waals surface area contributed by atoms with Gasteiger partial charge in [0.15, 0.2) is 0 Å². The molecule has 0 aliphatic heterocycles. The van der Waals surface area contributed by atoms with Crippen molar-refractivity contribution in [3.8, 4) is 5.75 Å². The second-order valence-corrected chi connectivity index (χ2v) is 10.4. The summed E-state index contributed by atoms with van der Waals surface area (Å²) in [5, 5.41) is 45.3. The highest BCUT2D eigenvalue weighted by atomic mass is 32.2. The van der Waals surface area contributed by atoms with Crippen molar-refractivity contribution in [3.63, 3.8) is 0 Å². The van der Waals surface area contributed by atoms with Crippen LogP contribution in [0, 0.1) is 12.0 Å². The van der Waals surface area contributed by atoms with Gasteiger partial charge in [0.05, 0.1) is 40.1 Å². The molecule has 0 radical (unpaired) electrons. The van der Waals surface area contributed by atoms with Gasteiger partial charge in [-0.15, -0.1) is 18.9 Å². The SMILES string of the molecule is Nc1c(S(=O)(=O)O)cc2cc(SOOO)cc(O)c2c1N=Nc1cc(Nc2cc(F)nc(F)n2)ccc1SOOO. The lowest BCUT2D eigenvalue weighted by Crippen LogP contribution is -2.03. The van der Waals surface area contributed by atoms with Crippen LogP contribution in [-0.4, -0.2) is 38.6 Å². The fraction of sp³-hybridized carbons (Fsp3) is 0. The zero-order valence-corrected chi connectivity index (χ0v) is 22.1. The largest absolute Gasteiger partial charge is 0.507 e. The minimum absolute atomic E-state index is 0.000316. The van der Waals surface area contributed by atoms with E-state index >= 15 is 0 Å². The number of azo groups is 1. The first kappa shape index (κ1) is 30.2. The standard InChI is InChI=1S/C20H14F2N6O10S3/c21-15-7-16(26-20(22)25-15)24-9-1-2-13(40-38-36-31)11(5-9)27-28-19-17-8(4-14(18(19)23)41(32,33)34)3-10(6-12(17)29)39-37-35-30/h1-7,29-31H,23H2,(H,24,25,26)(H,32,33,34). The molecule has 0 saturated carbocycles. The number of benzene rings is 3. The Labute approximate surface area is 235 Å². The van der Waals surface area contributed by atoms with Gasteiger partial charge in [0.2, 0.25) is 5.95 Å². The Morgan fingerprint density at radius 3 is 2.39 bits per heavy atom. The van der Waals surface area contributed by atoms with E-state index in [-0.39, 0.29) is 37.8 Å². The molecule has 4 rings (SSSR count). The molecule has 216 valence electrons. The van der Waals surface area contributed by atoms with Gasteiger partial charge in [0, 0.05) is 16.6 Å². The van der Waals surface area contributed by atoms with Gasteiger partial charge >= 0.3 is 6.08 Å². The van der Waals surface area contributed by atoms with Crippen LogP contribution < -0.4 is 11.1 Å². The average molecular weight is 633 g/mol. The third-order valence-electron chi connectivity index (χ3n) is 4.92. The van der Waals surface area contributed by atoms with Crippen LogP contribution in [0.4, 0.5) is 37.3 Å². The third-order valence-corrected chi connectivity index (χ3v) is 7.02. The van der Waals surface area contributed by atoms with E-state index in [0.29, 0.717) is 24.1 Å². The van der Waals surface area contributed by atoms with Crippen molar-refractivity contribution in [1.82, 2.24) is 9.97 Å². The number of nitrogens with two attached hydrogens (primary N) is 1. The van der Waals surface area contributed by atoms with Gasteiger partial charge in [-0.3, -0.25) is 4.55 Å². The Balaban J connectivity index is 1.85. The maximum Gasteiger partial charge on any atom is 0.313 e. The van der Waals surface area contributed by atoms with Crippen molar-refractivity contribution in [2.45, 2.75) is 14.7 Å². The van der Waals surface area contributed by atoms with E-state index in [2.05, 4.69) is 44.3 Å². The maximum absolute atomic E-state index is 13.5. The molecule has 1 heterocycles. The number of nitrogens with one attached hydrogen (secondary N) is 1. The van der Waals surface area contributed by atoms with Gasteiger partial charge in [0.25, 0.3) is 10.1 Å². The summed E-state index contributed by atoms with van der Waals surface area (Å²) in [4.78, 5) is 5.82. The summed E-state index contributed by atoms with van der Waals surface area (Å²) in [5.74, 6) is -1.87. The normalized spacial score (nSPS) is 11.9. The van der Waals surface area contributed by atoms with Crippen molar-refractivity contribution in [2.24, 2.45) is 10.2 Å². The summed E-state index contributed by atoms with van der Waals surface area (Å²) >= 11 is 0.920. The number of anilines is 3. The predicted octanol–water partition coefficient (Wildman–Crippen LogP) is 5.46. The van der Waals surface area contributed by atoms with E-state index in [1.165, 1.54) is 24.3 Å². The summed E-state index contributed by atoms with van der Waals surface area (Å²) < 4.78 is 69.4. The van der Waals surface area contributed by atoms with E-state index in [1.807, 2.05) is 0 Å². The van der Waals surface area contributed by atoms with E-state index in [4.69, 9.17) is 16.2 Å². The van der Waals surface area contributed by atoms with Gasteiger partial charge in [-0.2, -0.15) is 27.2 Å². The number of hydrogen-bond donors (Lipinski definition) is 6. The van der Waals surface area contributed by atoms with E-state index in [9.17, 15) is 26.9 Å². The molecular formula is C20H14F2N6O10S3. The lowest BCUT2D eigenvalue weighted by Gasteiger charge is -2.12. The predicted molar refractivity (Wildman–Crippen MR) is 137 cm³/mol. The lowest BCUT2D eigenvalue weighted by molar-refractivity contribution is -0.432. The van der Waals surface area contributed by atoms with Gasteiger partial charge in [-0.25, -0.2) is 10.5 Å². The molecule has 1 aromatic heterocycles. The molecule has 4 aromatic rings. The second-order valence-electron chi connectivity index (χ2n) is 7.46. The zero-order valence-electron chi connectivity index (χ0n) is 19.6. The number of aromatic nitrogens is 2. The van der Waals surface area contributed by atoms with Crippen LogP contribution in [0.15, 0.2) is 67.4 Å². The molecule has 3 aromatic carbocycles. The van der Waals surface area contributed by atoms with Crippen LogP contribution in [0.3, 0.4) is 0 Å². The molecule has 0 aliphatic rings. The average Bonchev–Trinajstić information content (AvgIpc) is 2.89. The van der Waals surface area contributed by atoms with Crippen molar-refractivity contribution < 1.29 is 56.1 Å². The molecular weight excluding hydrogens is 618 g/mol. The number of nitrogens with zero attached hydrogens (tertiary/aromatic N) is 4. The number of fused-ring (bicyclic) bond motifs is 1. The number of hydrogen-bond acceptors (Lipinski definition) is 17. The summed E-state index contributed by atoms with van der Waals surface area (Å²) in [6, 6.07) is 8.29. The van der Waals surface area contributed by atoms with Gasteiger partial charge in [0.1, 0.15) is 27.8 Å². The molecule has 0 spiro atoms. The Morgan fingerprint density at radius 1 is 0.976 bits per heavy atom. The van der Waals surface area contributed by atoms with Gasteiger partial charge < -0.3 is 16.2 Å². The molecule has 0 aliphatic carbocycles. The smallest absolute Gasteiger partial charge is 0.313 e. The molecule has 0 bridgehead atoms. The fourth-order valence-corrected chi connectivity index (χ4v) is 4.89. The van der Waals surface area contributed by atoms with Crippen molar-refractivity contribution in [3.05, 3.63) is 54.5 Å². The summed E-state index contributed by atoms with van der Waals surface area (Å²) in [6.45, 7) is 0. The van der Waals surface area contributed by atoms with E-state index in [1.54, 1.807) is 0 Å². The Bertz CT molecular complexity index is 1730. The zero-order chi connectivity index (χ0) is 29.7. The van der Waals surface area contributed by atoms with Crippen molar-refractivity contribution in [2.75, 3.05) is 11.1 Å². The van der Waals surface area contributed by atoms with Crippen LogP contribution in [0.25, 0.3) is 10.8 Å². The summed E-state index contributed by atoms with van der Waals surface area (Å²) in [5.41, 5.74) is 5.14. The van der Waals surface area contributed by atoms with Crippen LogP contribution in [0.5, 0.6) is 5.75 Å². The Hall–Kier alpha value is -3.77. The van der Waals surface area contributed by atoms with Crippen LogP contribution >= 0.6 is 24.1 Å². The molecule has 16 nitrogen and oxygen atoms in total. The number of phenolic OH excluding ortho intramolecular Hbond substituents is 1. The molecule has 7 N–H and O–H groups in total. The molecule has 0 atom stereocenters. The fourth-order valence-electron chi connectivity index (χ4n) is 3.39.